The van der Waals surface area contributed by atoms with Gasteiger partial charge in [-0.3, -0.25) is 9.59 Å². The van der Waals surface area contributed by atoms with Gasteiger partial charge in [0.1, 0.15) is 6.73 Å². The third kappa shape index (κ3) is 3.08. The summed E-state index contributed by atoms with van der Waals surface area (Å²) < 4.78 is 6.16. The fourth-order valence-electron chi connectivity index (χ4n) is 1.02. The van der Waals surface area contributed by atoms with Crippen LogP contribution in [-0.2, 0) is 16.6 Å². The van der Waals surface area contributed by atoms with E-state index in [2.05, 4.69) is 15.3 Å². The summed E-state index contributed by atoms with van der Waals surface area (Å²) in [7, 11) is 3.03. The van der Waals surface area contributed by atoms with Crippen LogP contribution in [0.25, 0.3) is 0 Å². The van der Waals surface area contributed by atoms with E-state index in [4.69, 9.17) is 10.5 Å². The Morgan fingerprint density at radius 3 is 3.00 bits per heavy atom. The van der Waals surface area contributed by atoms with Crippen molar-refractivity contribution in [1.82, 2.24) is 14.6 Å². The van der Waals surface area contributed by atoms with Crippen LogP contribution in [0.1, 0.15) is 10.5 Å². The Morgan fingerprint density at radius 1 is 1.76 bits per heavy atom. The van der Waals surface area contributed by atoms with Crippen molar-refractivity contribution in [1.29, 1.82) is 0 Å². The van der Waals surface area contributed by atoms with Crippen LogP contribution in [0.15, 0.2) is 16.7 Å². The highest BCUT2D eigenvalue weighted by atomic mass is 16.5. The maximum absolute atomic E-state index is 11.0. The van der Waals surface area contributed by atoms with Gasteiger partial charge in [0, 0.05) is 14.2 Å². The molecule has 1 heterocycles. The minimum absolute atomic E-state index is 0.0143. The highest BCUT2D eigenvalue weighted by Crippen LogP contribution is 2.16. The number of hydrogen-bond donors (Lipinski definition) is 1. The number of ether oxygens (including phenoxy) is 1. The molecule has 0 radical (unpaired) electrons. The lowest BCUT2D eigenvalue weighted by molar-refractivity contribution is -0.122. The number of nitrogens with zero attached hydrogens (tertiary/aromatic N) is 5. The van der Waals surface area contributed by atoms with Gasteiger partial charge >= 0.3 is 0 Å². The molecule has 2 N–H and O–H groups in total. The van der Waals surface area contributed by atoms with Crippen LogP contribution in [-0.4, -0.2) is 40.7 Å². The van der Waals surface area contributed by atoms with Gasteiger partial charge < -0.3 is 15.0 Å². The third-order valence-corrected chi connectivity index (χ3v) is 1.78. The lowest BCUT2D eigenvalue weighted by Gasteiger charge is -2.06. The second-order valence-corrected chi connectivity index (χ2v) is 3.04. The van der Waals surface area contributed by atoms with Crippen molar-refractivity contribution in [2.75, 3.05) is 13.8 Å². The molecule has 1 rings (SSSR count). The van der Waals surface area contributed by atoms with E-state index in [0.29, 0.717) is 6.41 Å². The van der Waals surface area contributed by atoms with Crippen LogP contribution in [0.4, 0.5) is 5.82 Å². The Kier molecular flexibility index (Phi) is 4.29. The molecule has 0 fully saturated rings. The molecule has 0 bridgehead atoms. The van der Waals surface area contributed by atoms with Gasteiger partial charge in [0.2, 0.25) is 6.41 Å². The number of aromatic nitrogens is 2. The largest absolute Gasteiger partial charge is 0.364 e. The maximum atomic E-state index is 11.0. The molecule has 0 atom stereocenters. The van der Waals surface area contributed by atoms with Crippen molar-refractivity contribution < 1.29 is 14.3 Å². The summed E-state index contributed by atoms with van der Waals surface area (Å²) in [5, 5.41) is 8.21. The molecule has 1 aromatic heterocycles. The zero-order valence-corrected chi connectivity index (χ0v) is 9.40. The molecule has 92 valence electrons. The normalized spacial score (nSPS) is 10.7. The van der Waals surface area contributed by atoms with E-state index < -0.39 is 5.91 Å². The van der Waals surface area contributed by atoms with E-state index in [1.165, 1.54) is 18.0 Å². The second-order valence-electron chi connectivity index (χ2n) is 3.04. The molecule has 0 aliphatic carbocycles. The predicted octanol–water partition coefficient (Wildman–Crippen LogP) is -0.420. The van der Waals surface area contributed by atoms with Crippen molar-refractivity contribution in [3.05, 3.63) is 12.0 Å². The minimum Gasteiger partial charge on any atom is -0.364 e. The monoisotopic (exact) mass is 240 g/mol. The van der Waals surface area contributed by atoms with E-state index >= 15 is 0 Å². The molecule has 0 aliphatic rings. The number of aryl methyl sites for hydroxylation is 1. The van der Waals surface area contributed by atoms with Crippen molar-refractivity contribution in [2.24, 2.45) is 23.1 Å². The second kappa shape index (κ2) is 5.70. The summed E-state index contributed by atoms with van der Waals surface area (Å²) in [6.07, 6.45) is 1.81. The fourth-order valence-corrected chi connectivity index (χ4v) is 1.02. The molecule has 1 aromatic rings. The maximum Gasteiger partial charge on any atom is 0.271 e. The van der Waals surface area contributed by atoms with Gasteiger partial charge in [0.25, 0.3) is 5.91 Å². The Bertz CT molecular complexity index is 440. The molecular formula is C8H12N6O3. The zero-order valence-electron chi connectivity index (χ0n) is 9.40. The molecule has 0 aliphatic heterocycles. The Labute approximate surface area is 96.8 Å². The highest BCUT2D eigenvalue weighted by molar-refractivity contribution is 5.94. The van der Waals surface area contributed by atoms with E-state index in [-0.39, 0.29) is 18.2 Å². The van der Waals surface area contributed by atoms with Crippen LogP contribution >= 0.6 is 0 Å². The van der Waals surface area contributed by atoms with Crippen LogP contribution in [0, 0.1) is 0 Å². The van der Waals surface area contributed by atoms with Gasteiger partial charge in [-0.1, -0.05) is 5.22 Å². The number of amides is 2. The first-order chi connectivity index (χ1) is 8.10. The van der Waals surface area contributed by atoms with Gasteiger partial charge in [0.15, 0.2) is 11.5 Å². The number of carbonyl (C=O) groups is 2. The first-order valence-electron chi connectivity index (χ1n) is 4.53. The minimum atomic E-state index is -0.719. The molecule has 0 aromatic carbocycles. The Morgan fingerprint density at radius 2 is 2.47 bits per heavy atom. The number of nitrogens with two attached hydrogens (primary N) is 1. The summed E-state index contributed by atoms with van der Waals surface area (Å²) in [4.78, 5) is 25.3. The molecule has 17 heavy (non-hydrogen) atoms. The van der Waals surface area contributed by atoms with Crippen LogP contribution in [0.2, 0.25) is 0 Å². The molecule has 2 amide bonds. The third-order valence-electron chi connectivity index (χ3n) is 1.78. The van der Waals surface area contributed by atoms with Crippen molar-refractivity contribution >= 4 is 18.1 Å². The molecule has 0 saturated heterocycles. The van der Waals surface area contributed by atoms with Gasteiger partial charge in [0.05, 0.1) is 6.33 Å². The van der Waals surface area contributed by atoms with Crippen LogP contribution in [0.5, 0.6) is 0 Å². The van der Waals surface area contributed by atoms with E-state index in [1.54, 1.807) is 7.05 Å². The topological polar surface area (TPSA) is 115 Å². The first kappa shape index (κ1) is 12.8. The smallest absolute Gasteiger partial charge is 0.271 e. The van der Waals surface area contributed by atoms with Gasteiger partial charge in [-0.15, -0.1) is 5.11 Å². The number of primary amides is 1. The first-order valence-corrected chi connectivity index (χ1v) is 4.53. The van der Waals surface area contributed by atoms with Crippen molar-refractivity contribution in [2.45, 2.75) is 0 Å². The summed E-state index contributed by atoms with van der Waals surface area (Å²) in [5.41, 5.74) is 5.09. The van der Waals surface area contributed by atoms with Gasteiger partial charge in [-0.2, -0.15) is 5.01 Å². The number of rotatable bonds is 6. The molecule has 0 unspecified atom stereocenters. The van der Waals surface area contributed by atoms with Crippen molar-refractivity contribution in [3.8, 4) is 0 Å². The number of imidazole rings is 1. The molecular weight excluding hydrogens is 228 g/mol. The summed E-state index contributed by atoms with van der Waals surface area (Å²) in [6, 6.07) is 0. The molecule has 9 heteroatoms. The van der Waals surface area contributed by atoms with Crippen LogP contribution in [0.3, 0.4) is 0 Å². The summed E-state index contributed by atoms with van der Waals surface area (Å²) in [5.74, 6) is -0.551. The lowest BCUT2D eigenvalue weighted by atomic mass is 10.4. The van der Waals surface area contributed by atoms with Gasteiger partial charge in [-0.05, 0) is 0 Å². The summed E-state index contributed by atoms with van der Waals surface area (Å²) >= 11 is 0. The zero-order chi connectivity index (χ0) is 12.8. The van der Waals surface area contributed by atoms with E-state index in [0.717, 1.165) is 5.01 Å². The van der Waals surface area contributed by atoms with Crippen molar-refractivity contribution in [3.63, 3.8) is 0 Å². The molecule has 0 saturated carbocycles. The Hall–Kier alpha value is -2.29. The fraction of sp³-hybridized carbons (Fsp3) is 0.375. The number of hydrogen-bond acceptors (Lipinski definition) is 6. The predicted molar refractivity (Wildman–Crippen MR) is 56.0 cm³/mol. The van der Waals surface area contributed by atoms with E-state index in [1.807, 2.05) is 0 Å². The lowest BCUT2D eigenvalue weighted by Crippen LogP contribution is -2.17. The van der Waals surface area contributed by atoms with Gasteiger partial charge in [-0.25, -0.2) is 4.98 Å². The average Bonchev–Trinajstić information content (AvgIpc) is 2.66. The SMILES string of the molecule is COCN(C=O)/N=N\c1c(C(N)=O)ncn1C. The van der Waals surface area contributed by atoms with E-state index in [9.17, 15) is 9.59 Å². The number of methoxy groups -OCH3 is 1. The summed E-state index contributed by atoms with van der Waals surface area (Å²) in [6.45, 7) is -0.0449. The Balaban J connectivity index is 2.93. The standard InChI is InChI=1S/C8H12N6O3/c1-13-3-10-6(7(9)16)8(13)11-12-14(4-15)5-17-2/h3-4H,5H2,1-2H3,(H2,9,16)/b12-11-. The number of carbonyl (C=O) groups excluding carboxylic acids is 2. The highest BCUT2D eigenvalue weighted by Gasteiger charge is 2.13. The molecule has 0 spiro atoms. The quantitative estimate of drug-likeness (QED) is 0.314. The molecule has 9 nitrogen and oxygen atoms in total. The average molecular weight is 240 g/mol. The van der Waals surface area contributed by atoms with Crippen LogP contribution < -0.4 is 5.73 Å².